The number of hydrogen-bond acceptors (Lipinski definition) is 2. The molecule has 0 saturated heterocycles. The average molecular weight is 192 g/mol. The molecule has 1 aliphatic heterocycles. The van der Waals surface area contributed by atoms with Crippen molar-refractivity contribution < 1.29 is 4.74 Å². The smallest absolute Gasteiger partial charge is 0.142 e. The molecule has 1 heterocycles. The quantitative estimate of drug-likeness (QED) is 0.631. The zero-order valence-electron chi connectivity index (χ0n) is 6.70. The molecular weight excluding hydrogens is 186 g/mol. The van der Waals surface area contributed by atoms with Gasteiger partial charge in [0.2, 0.25) is 0 Å². The maximum absolute atomic E-state index is 8.74. The summed E-state index contributed by atoms with van der Waals surface area (Å²) < 4.78 is 5.56. The highest BCUT2D eigenvalue weighted by Gasteiger charge is 2.59. The van der Waals surface area contributed by atoms with Gasteiger partial charge in [-0.05, 0) is 6.07 Å². The Morgan fingerprint density at radius 3 is 3.08 bits per heavy atom. The van der Waals surface area contributed by atoms with Crippen LogP contribution in [0.1, 0.15) is 11.5 Å². The predicted molar refractivity (Wildman–Crippen MR) is 47.7 cm³/mol. The van der Waals surface area contributed by atoms with E-state index >= 15 is 0 Å². The molecule has 3 heteroatoms. The molecule has 1 aromatic carbocycles. The van der Waals surface area contributed by atoms with Gasteiger partial charge in [-0.25, -0.2) is 0 Å². The van der Waals surface area contributed by atoms with Gasteiger partial charge < -0.3 is 4.74 Å². The van der Waals surface area contributed by atoms with Gasteiger partial charge >= 0.3 is 0 Å². The van der Waals surface area contributed by atoms with Crippen LogP contribution in [0.25, 0.3) is 0 Å². The molecule has 3 rings (SSSR count). The van der Waals surface area contributed by atoms with Crippen LogP contribution in [0.3, 0.4) is 0 Å². The van der Waals surface area contributed by atoms with Gasteiger partial charge in [-0.1, -0.05) is 23.7 Å². The minimum absolute atomic E-state index is 0.0472. The van der Waals surface area contributed by atoms with Crippen LogP contribution >= 0.6 is 11.6 Å². The van der Waals surface area contributed by atoms with E-state index in [1.54, 1.807) is 0 Å². The predicted octanol–water partition coefficient (Wildman–Crippen LogP) is 2.34. The molecular formula is C10H6ClNO. The molecule has 1 aromatic rings. The molecule has 13 heavy (non-hydrogen) atoms. The van der Waals surface area contributed by atoms with Gasteiger partial charge in [-0.3, -0.25) is 0 Å². The number of para-hydroxylation sites is 1. The van der Waals surface area contributed by atoms with Crippen LogP contribution in [-0.4, -0.2) is 6.10 Å². The van der Waals surface area contributed by atoms with Crippen molar-refractivity contribution in [1.29, 1.82) is 5.26 Å². The van der Waals surface area contributed by atoms with Gasteiger partial charge in [0.25, 0.3) is 0 Å². The molecule has 0 bridgehead atoms. The van der Waals surface area contributed by atoms with E-state index in [4.69, 9.17) is 21.6 Å². The van der Waals surface area contributed by atoms with Crippen molar-refractivity contribution in [2.45, 2.75) is 12.0 Å². The lowest BCUT2D eigenvalue weighted by Gasteiger charge is -2.05. The number of nitriles is 1. The maximum Gasteiger partial charge on any atom is 0.142 e. The summed E-state index contributed by atoms with van der Waals surface area (Å²) in [5, 5.41) is 9.40. The van der Waals surface area contributed by atoms with Crippen LogP contribution in [0.15, 0.2) is 18.2 Å². The van der Waals surface area contributed by atoms with Gasteiger partial charge in [0.1, 0.15) is 11.9 Å². The highest BCUT2D eigenvalue weighted by Crippen LogP contribution is 2.59. The summed E-state index contributed by atoms with van der Waals surface area (Å²) in [5.41, 5.74) is 1.10. The molecule has 0 N–H and O–H groups in total. The van der Waals surface area contributed by atoms with Gasteiger partial charge in [0, 0.05) is 11.5 Å². The topological polar surface area (TPSA) is 33.0 Å². The van der Waals surface area contributed by atoms with Crippen LogP contribution in [-0.2, 0) is 0 Å². The molecule has 0 amide bonds. The summed E-state index contributed by atoms with van der Waals surface area (Å²) in [6, 6.07) is 7.94. The monoisotopic (exact) mass is 191 g/mol. The van der Waals surface area contributed by atoms with E-state index in [0.29, 0.717) is 5.02 Å². The Hall–Kier alpha value is -1.20. The maximum atomic E-state index is 8.74. The average Bonchev–Trinajstić information content (AvgIpc) is 2.70. The lowest BCUT2D eigenvalue weighted by molar-refractivity contribution is 0.307. The minimum Gasteiger partial charge on any atom is -0.486 e. The standard InChI is InChI=1S/C10H6ClNO/c11-7-3-1-2-5-8-6(4-12)10(8)13-9(5)7/h1-3,6,8,10H/t6-,8-,10+/m1/s1. The third-order valence-corrected chi connectivity index (χ3v) is 3.01. The van der Waals surface area contributed by atoms with Crippen molar-refractivity contribution >= 4 is 11.6 Å². The molecule has 0 radical (unpaired) electrons. The van der Waals surface area contributed by atoms with Gasteiger partial charge in [-0.15, -0.1) is 0 Å². The number of hydrogen-bond donors (Lipinski definition) is 0. The van der Waals surface area contributed by atoms with Crippen molar-refractivity contribution in [3.63, 3.8) is 0 Å². The van der Waals surface area contributed by atoms with E-state index in [2.05, 4.69) is 6.07 Å². The number of halogens is 1. The van der Waals surface area contributed by atoms with Crippen molar-refractivity contribution in [1.82, 2.24) is 0 Å². The number of benzene rings is 1. The number of fused-ring (bicyclic) bond motifs is 3. The summed E-state index contributed by atoms with van der Waals surface area (Å²) in [5.74, 6) is 1.11. The van der Waals surface area contributed by atoms with Crippen LogP contribution in [0, 0.1) is 17.2 Å². The summed E-state index contributed by atoms with van der Waals surface area (Å²) in [4.78, 5) is 0. The Bertz CT molecular complexity index is 423. The first-order valence-electron chi connectivity index (χ1n) is 4.17. The Kier molecular flexibility index (Phi) is 1.21. The lowest BCUT2D eigenvalue weighted by atomic mass is 10.1. The Labute approximate surface area is 80.7 Å². The fraction of sp³-hybridized carbons (Fsp3) is 0.300. The van der Waals surface area contributed by atoms with Crippen molar-refractivity contribution in [2.24, 2.45) is 5.92 Å². The Balaban J connectivity index is 2.10. The SMILES string of the molecule is N#C[C@H]1[C@@H]2Oc3c(Cl)cccc3[C@H]12. The summed E-state index contributed by atoms with van der Waals surface area (Å²) in [6.45, 7) is 0. The lowest BCUT2D eigenvalue weighted by Crippen LogP contribution is -1.97. The zero-order valence-corrected chi connectivity index (χ0v) is 7.45. The Morgan fingerprint density at radius 2 is 2.31 bits per heavy atom. The molecule has 0 unspecified atom stereocenters. The van der Waals surface area contributed by atoms with Crippen LogP contribution < -0.4 is 4.74 Å². The first-order chi connectivity index (χ1) is 6.33. The first kappa shape index (κ1) is 7.23. The van der Waals surface area contributed by atoms with Crippen molar-refractivity contribution in [2.75, 3.05) is 0 Å². The van der Waals surface area contributed by atoms with E-state index in [0.717, 1.165) is 11.3 Å². The van der Waals surface area contributed by atoms with Crippen LogP contribution in [0.2, 0.25) is 5.02 Å². The molecule has 64 valence electrons. The fourth-order valence-electron chi connectivity index (χ4n) is 2.00. The van der Waals surface area contributed by atoms with E-state index in [-0.39, 0.29) is 17.9 Å². The van der Waals surface area contributed by atoms with E-state index in [1.807, 2.05) is 18.2 Å². The summed E-state index contributed by atoms with van der Waals surface area (Å²) >= 11 is 5.94. The Morgan fingerprint density at radius 1 is 1.46 bits per heavy atom. The number of ether oxygens (including phenoxy) is 1. The molecule has 2 nitrogen and oxygen atoms in total. The summed E-state index contributed by atoms with van der Waals surface area (Å²) in [7, 11) is 0. The molecule has 2 aliphatic rings. The molecule has 1 aliphatic carbocycles. The van der Waals surface area contributed by atoms with Gasteiger partial charge in [0.15, 0.2) is 0 Å². The van der Waals surface area contributed by atoms with Crippen molar-refractivity contribution in [3.8, 4) is 11.8 Å². The molecule has 1 saturated carbocycles. The van der Waals surface area contributed by atoms with Crippen LogP contribution in [0.5, 0.6) is 5.75 Å². The zero-order chi connectivity index (χ0) is 9.00. The molecule has 3 atom stereocenters. The second kappa shape index (κ2) is 2.18. The summed E-state index contributed by atoms with van der Waals surface area (Å²) in [6.07, 6.45) is 0.0694. The second-order valence-electron chi connectivity index (χ2n) is 3.42. The third-order valence-electron chi connectivity index (χ3n) is 2.71. The molecule has 0 spiro atoms. The van der Waals surface area contributed by atoms with Gasteiger partial charge in [-0.2, -0.15) is 5.26 Å². The largest absolute Gasteiger partial charge is 0.486 e. The second-order valence-corrected chi connectivity index (χ2v) is 3.83. The van der Waals surface area contributed by atoms with E-state index in [1.165, 1.54) is 0 Å². The fourth-order valence-corrected chi connectivity index (χ4v) is 2.23. The molecule has 0 aromatic heterocycles. The highest BCUT2D eigenvalue weighted by molar-refractivity contribution is 6.32. The number of rotatable bonds is 0. The normalized spacial score (nSPS) is 32.8. The number of nitrogens with zero attached hydrogens (tertiary/aromatic N) is 1. The van der Waals surface area contributed by atoms with E-state index in [9.17, 15) is 0 Å². The third kappa shape index (κ3) is 0.777. The van der Waals surface area contributed by atoms with E-state index < -0.39 is 0 Å². The van der Waals surface area contributed by atoms with Crippen molar-refractivity contribution in [3.05, 3.63) is 28.8 Å². The van der Waals surface area contributed by atoms with Gasteiger partial charge in [0.05, 0.1) is 17.0 Å². The highest BCUT2D eigenvalue weighted by atomic mass is 35.5. The first-order valence-corrected chi connectivity index (χ1v) is 4.55. The minimum atomic E-state index is 0.0472. The van der Waals surface area contributed by atoms with Crippen LogP contribution in [0.4, 0.5) is 0 Å². The molecule has 1 fully saturated rings.